The Balaban J connectivity index is 0.00000210. The molecule has 0 bridgehead atoms. The lowest BCUT2D eigenvalue weighted by molar-refractivity contribution is 0.0776. The van der Waals surface area contributed by atoms with Crippen LogP contribution in [0.4, 0.5) is 0 Å². The zero-order chi connectivity index (χ0) is 18.1. The van der Waals surface area contributed by atoms with E-state index in [1.165, 1.54) is 6.07 Å². The number of ether oxygens (including phenoxy) is 1. The van der Waals surface area contributed by atoms with Crippen LogP contribution in [0.15, 0.2) is 48.5 Å². The van der Waals surface area contributed by atoms with Crippen molar-refractivity contribution >= 4 is 18.3 Å². The van der Waals surface area contributed by atoms with Crippen molar-refractivity contribution in [3.63, 3.8) is 0 Å². The number of hydrogen-bond acceptors (Lipinski definition) is 4. The third-order valence-electron chi connectivity index (χ3n) is 5.65. The molecule has 27 heavy (non-hydrogen) atoms. The van der Waals surface area contributed by atoms with E-state index in [-0.39, 0.29) is 30.1 Å². The predicted molar refractivity (Wildman–Crippen MR) is 106 cm³/mol. The average molecular weight is 389 g/mol. The minimum absolute atomic E-state index is 0. The number of likely N-dealkylation sites (tertiary alicyclic amines) is 1. The molecule has 1 saturated heterocycles. The van der Waals surface area contributed by atoms with E-state index >= 15 is 0 Å². The zero-order valence-corrected chi connectivity index (χ0v) is 15.9. The molecule has 6 heteroatoms. The highest BCUT2D eigenvalue weighted by Gasteiger charge is 2.42. The van der Waals surface area contributed by atoms with Crippen molar-refractivity contribution in [3.05, 3.63) is 59.7 Å². The van der Waals surface area contributed by atoms with Gasteiger partial charge in [-0.25, -0.2) is 0 Å². The summed E-state index contributed by atoms with van der Waals surface area (Å²) in [5.74, 6) is 1.30. The maximum atomic E-state index is 12.9. The number of carbonyl (C=O) groups excluding carboxylic acids is 1. The first-order chi connectivity index (χ1) is 12.6. The molecule has 0 radical (unpaired) electrons. The van der Waals surface area contributed by atoms with Crippen LogP contribution in [0.5, 0.6) is 11.5 Å². The molecule has 5 nitrogen and oxygen atoms in total. The lowest BCUT2D eigenvalue weighted by Crippen LogP contribution is -2.33. The van der Waals surface area contributed by atoms with E-state index in [0.29, 0.717) is 36.3 Å². The van der Waals surface area contributed by atoms with Gasteiger partial charge in [0, 0.05) is 19.1 Å². The summed E-state index contributed by atoms with van der Waals surface area (Å²) in [6, 6.07) is 14.9. The standard InChI is InChI=1S/C21H24N2O3.ClH/c22-19-8-6-15-11-23(12-18(15)19)21(25)17-10-16(7-9-20(17)24)26-13-14-4-2-1-3-5-14;/h1-5,7,9-10,15,18-19,24H,6,8,11-13,22H2;1H. The van der Waals surface area contributed by atoms with E-state index in [9.17, 15) is 9.90 Å². The molecule has 1 aliphatic carbocycles. The monoisotopic (exact) mass is 388 g/mol. The molecule has 1 heterocycles. The molecular weight excluding hydrogens is 364 g/mol. The van der Waals surface area contributed by atoms with Crippen molar-refractivity contribution < 1.29 is 14.6 Å². The number of nitrogens with two attached hydrogens (primary N) is 1. The molecule has 1 aliphatic heterocycles. The summed E-state index contributed by atoms with van der Waals surface area (Å²) in [6.07, 6.45) is 2.13. The molecule has 1 amide bonds. The molecular formula is C21H25ClN2O3. The van der Waals surface area contributed by atoms with E-state index in [1.54, 1.807) is 12.1 Å². The first kappa shape index (κ1) is 19.5. The van der Waals surface area contributed by atoms with Gasteiger partial charge in [-0.1, -0.05) is 30.3 Å². The third kappa shape index (κ3) is 4.04. The number of nitrogens with zero attached hydrogens (tertiary/aromatic N) is 1. The van der Waals surface area contributed by atoms with Gasteiger partial charge in [0.2, 0.25) is 0 Å². The molecule has 3 N–H and O–H groups in total. The van der Waals surface area contributed by atoms with Crippen molar-refractivity contribution in [1.82, 2.24) is 4.90 Å². The highest BCUT2D eigenvalue weighted by Crippen LogP contribution is 2.38. The number of phenols is 1. The first-order valence-corrected chi connectivity index (χ1v) is 9.16. The Morgan fingerprint density at radius 1 is 1.15 bits per heavy atom. The van der Waals surface area contributed by atoms with Gasteiger partial charge < -0.3 is 20.5 Å². The van der Waals surface area contributed by atoms with Crippen LogP contribution in [0.25, 0.3) is 0 Å². The van der Waals surface area contributed by atoms with Crippen LogP contribution in [-0.2, 0) is 6.61 Å². The highest BCUT2D eigenvalue weighted by molar-refractivity contribution is 5.97. The molecule has 3 unspecified atom stereocenters. The zero-order valence-electron chi connectivity index (χ0n) is 15.1. The van der Waals surface area contributed by atoms with Crippen molar-refractivity contribution in [2.24, 2.45) is 17.6 Å². The smallest absolute Gasteiger partial charge is 0.257 e. The maximum Gasteiger partial charge on any atom is 0.257 e. The minimum Gasteiger partial charge on any atom is -0.507 e. The molecule has 2 aromatic rings. The van der Waals surface area contributed by atoms with Gasteiger partial charge >= 0.3 is 0 Å². The summed E-state index contributed by atoms with van der Waals surface area (Å²) in [5.41, 5.74) is 7.51. The number of carbonyl (C=O) groups is 1. The molecule has 2 fully saturated rings. The van der Waals surface area contributed by atoms with Gasteiger partial charge in [-0.2, -0.15) is 0 Å². The second-order valence-electron chi connectivity index (χ2n) is 7.33. The van der Waals surface area contributed by atoms with Gasteiger partial charge in [0.1, 0.15) is 18.1 Å². The highest BCUT2D eigenvalue weighted by atomic mass is 35.5. The van der Waals surface area contributed by atoms with Gasteiger partial charge in [0.05, 0.1) is 5.56 Å². The molecule has 1 saturated carbocycles. The first-order valence-electron chi connectivity index (χ1n) is 9.16. The summed E-state index contributed by atoms with van der Waals surface area (Å²) in [5, 5.41) is 10.2. The minimum atomic E-state index is -0.144. The van der Waals surface area contributed by atoms with Crippen LogP contribution in [0.1, 0.15) is 28.8 Å². The van der Waals surface area contributed by atoms with E-state index in [2.05, 4.69) is 0 Å². The number of rotatable bonds is 4. The molecule has 0 spiro atoms. The van der Waals surface area contributed by atoms with E-state index in [4.69, 9.17) is 10.5 Å². The Morgan fingerprint density at radius 2 is 1.93 bits per heavy atom. The summed E-state index contributed by atoms with van der Waals surface area (Å²) >= 11 is 0. The lowest BCUT2D eigenvalue weighted by Gasteiger charge is -2.19. The predicted octanol–water partition coefficient (Wildman–Crippen LogP) is 3.20. The van der Waals surface area contributed by atoms with Gasteiger partial charge in [0.15, 0.2) is 0 Å². The quantitative estimate of drug-likeness (QED) is 0.843. The maximum absolute atomic E-state index is 12.9. The summed E-state index contributed by atoms with van der Waals surface area (Å²) in [4.78, 5) is 14.7. The molecule has 2 aromatic carbocycles. The van der Waals surface area contributed by atoms with Crippen LogP contribution < -0.4 is 10.5 Å². The number of aromatic hydroxyl groups is 1. The van der Waals surface area contributed by atoms with Crippen molar-refractivity contribution in [1.29, 1.82) is 0 Å². The lowest BCUT2D eigenvalue weighted by atomic mass is 9.98. The van der Waals surface area contributed by atoms with Gasteiger partial charge in [-0.3, -0.25) is 4.79 Å². The van der Waals surface area contributed by atoms with Gasteiger partial charge in [-0.15, -0.1) is 12.4 Å². The normalized spacial score (nSPS) is 23.6. The SMILES string of the molecule is Cl.NC1CCC2CN(C(=O)c3cc(OCc4ccccc4)ccc3O)CC12. The number of hydrogen-bond donors (Lipinski definition) is 2. The fourth-order valence-corrected chi connectivity index (χ4v) is 4.16. The van der Waals surface area contributed by atoms with Crippen molar-refractivity contribution in [3.8, 4) is 11.5 Å². The topological polar surface area (TPSA) is 75.8 Å². The third-order valence-corrected chi connectivity index (χ3v) is 5.65. The van der Waals surface area contributed by atoms with Crippen molar-refractivity contribution in [2.45, 2.75) is 25.5 Å². The molecule has 3 atom stereocenters. The van der Waals surface area contributed by atoms with Crippen LogP contribution >= 0.6 is 12.4 Å². The van der Waals surface area contributed by atoms with E-state index in [0.717, 1.165) is 24.9 Å². The van der Waals surface area contributed by atoms with Crippen LogP contribution in [0.2, 0.25) is 0 Å². The Hall–Kier alpha value is -2.24. The van der Waals surface area contributed by atoms with E-state index < -0.39 is 0 Å². The number of fused-ring (bicyclic) bond motifs is 1. The second kappa shape index (κ2) is 8.19. The van der Waals surface area contributed by atoms with E-state index in [1.807, 2.05) is 35.2 Å². The molecule has 144 valence electrons. The molecule has 4 rings (SSSR count). The fourth-order valence-electron chi connectivity index (χ4n) is 4.16. The Bertz CT molecular complexity index is 799. The van der Waals surface area contributed by atoms with Crippen molar-refractivity contribution in [2.75, 3.05) is 13.1 Å². The van der Waals surface area contributed by atoms with Crippen LogP contribution in [0.3, 0.4) is 0 Å². The summed E-state index contributed by atoms with van der Waals surface area (Å²) in [6.45, 7) is 1.83. The Labute approximate surface area is 165 Å². The summed E-state index contributed by atoms with van der Waals surface area (Å²) < 4.78 is 5.79. The Morgan fingerprint density at radius 3 is 2.67 bits per heavy atom. The summed E-state index contributed by atoms with van der Waals surface area (Å²) in [7, 11) is 0. The molecule has 0 aromatic heterocycles. The fraction of sp³-hybridized carbons (Fsp3) is 0.381. The Kier molecular flexibility index (Phi) is 5.92. The average Bonchev–Trinajstić information content (AvgIpc) is 3.24. The molecule has 2 aliphatic rings. The van der Waals surface area contributed by atoms with Gasteiger partial charge in [0.25, 0.3) is 5.91 Å². The number of amides is 1. The second-order valence-corrected chi connectivity index (χ2v) is 7.33. The number of phenolic OH excluding ortho intramolecular Hbond substituents is 1. The largest absolute Gasteiger partial charge is 0.507 e. The van der Waals surface area contributed by atoms with Crippen LogP contribution in [-0.4, -0.2) is 35.0 Å². The van der Waals surface area contributed by atoms with Gasteiger partial charge in [-0.05, 0) is 48.4 Å². The number of halogens is 1. The van der Waals surface area contributed by atoms with Crippen LogP contribution in [0, 0.1) is 11.8 Å². The number of benzene rings is 2.